The molecular formula is C29H27N3O7S. The highest BCUT2D eigenvalue weighted by molar-refractivity contribution is 8.18. The highest BCUT2D eigenvalue weighted by Crippen LogP contribution is 2.34. The van der Waals surface area contributed by atoms with Crippen LogP contribution in [0.25, 0.3) is 6.08 Å². The van der Waals surface area contributed by atoms with Gasteiger partial charge in [-0.3, -0.25) is 24.1 Å². The lowest BCUT2D eigenvalue weighted by atomic mass is 10.2. The third-order valence-electron chi connectivity index (χ3n) is 5.73. The van der Waals surface area contributed by atoms with Crippen molar-refractivity contribution in [3.8, 4) is 17.2 Å². The van der Waals surface area contributed by atoms with Crippen molar-refractivity contribution < 1.29 is 33.4 Å². The van der Waals surface area contributed by atoms with E-state index in [1.807, 2.05) is 19.1 Å². The number of nitrogens with one attached hydrogen (secondary N) is 2. The molecule has 1 saturated heterocycles. The van der Waals surface area contributed by atoms with Gasteiger partial charge in [-0.05, 0) is 78.9 Å². The summed E-state index contributed by atoms with van der Waals surface area (Å²) < 4.78 is 16.1. The molecule has 0 aromatic heterocycles. The highest BCUT2D eigenvalue weighted by Gasteiger charge is 2.36. The van der Waals surface area contributed by atoms with Gasteiger partial charge in [-0.25, -0.2) is 0 Å². The number of imide groups is 1. The van der Waals surface area contributed by atoms with Crippen LogP contribution in [0.5, 0.6) is 17.2 Å². The van der Waals surface area contributed by atoms with Gasteiger partial charge in [-0.15, -0.1) is 0 Å². The van der Waals surface area contributed by atoms with E-state index in [4.69, 9.17) is 14.2 Å². The molecule has 3 aromatic carbocycles. The molecule has 0 saturated carbocycles. The molecule has 0 atom stereocenters. The Hall–Kier alpha value is -4.77. The second-order valence-corrected chi connectivity index (χ2v) is 9.65. The Morgan fingerprint density at radius 2 is 1.50 bits per heavy atom. The number of carbonyl (C=O) groups is 4. The summed E-state index contributed by atoms with van der Waals surface area (Å²) in [4.78, 5) is 51.1. The molecule has 1 aliphatic rings. The molecule has 3 aromatic rings. The van der Waals surface area contributed by atoms with Gasteiger partial charge in [0.05, 0.1) is 19.1 Å². The Morgan fingerprint density at radius 3 is 2.15 bits per heavy atom. The minimum atomic E-state index is -0.577. The molecule has 10 nitrogen and oxygen atoms in total. The Kier molecular flexibility index (Phi) is 9.07. The number of methoxy groups -OCH3 is 2. The first kappa shape index (κ1) is 28.2. The standard InChI is InChI=1S/C29H27N3O7S/c1-18-4-7-20(8-5-18)31-27(34)17-39-23-13-6-19(14-24(23)38-3)15-25-28(35)32(29(36)40-25)16-26(33)30-21-9-11-22(37-2)12-10-21/h4-15H,16-17H2,1-3H3,(H,30,33)(H,31,34)/b25-15+. The average Bonchev–Trinajstić information content (AvgIpc) is 3.21. The molecule has 206 valence electrons. The van der Waals surface area contributed by atoms with Gasteiger partial charge in [-0.1, -0.05) is 23.8 Å². The monoisotopic (exact) mass is 561 g/mol. The highest BCUT2D eigenvalue weighted by atomic mass is 32.2. The van der Waals surface area contributed by atoms with Crippen molar-refractivity contribution in [3.63, 3.8) is 0 Å². The summed E-state index contributed by atoms with van der Waals surface area (Å²) in [6.07, 6.45) is 1.53. The minimum absolute atomic E-state index is 0.162. The van der Waals surface area contributed by atoms with Crippen LogP contribution in [0.15, 0.2) is 71.6 Å². The SMILES string of the molecule is COc1ccc(NC(=O)CN2C(=O)S/C(=C/c3ccc(OCC(=O)Nc4ccc(C)cc4)c(OC)c3)C2=O)cc1. The van der Waals surface area contributed by atoms with E-state index < -0.39 is 23.6 Å². The Bertz CT molecular complexity index is 1450. The quantitative estimate of drug-likeness (QED) is 0.342. The Labute approximate surface area is 235 Å². The Balaban J connectivity index is 1.36. The summed E-state index contributed by atoms with van der Waals surface area (Å²) in [7, 11) is 2.99. The first-order valence-electron chi connectivity index (χ1n) is 12.1. The summed E-state index contributed by atoms with van der Waals surface area (Å²) >= 11 is 0.740. The van der Waals surface area contributed by atoms with Gasteiger partial charge in [0.25, 0.3) is 17.1 Å². The number of amides is 4. The smallest absolute Gasteiger partial charge is 0.294 e. The molecule has 1 heterocycles. The number of carbonyl (C=O) groups excluding carboxylic acids is 4. The summed E-state index contributed by atoms with van der Waals surface area (Å²) in [5.74, 6) is -0.110. The van der Waals surface area contributed by atoms with Gasteiger partial charge in [0.1, 0.15) is 12.3 Å². The van der Waals surface area contributed by atoms with E-state index in [9.17, 15) is 19.2 Å². The number of hydrogen-bond acceptors (Lipinski definition) is 8. The van der Waals surface area contributed by atoms with Crippen LogP contribution in [-0.4, -0.2) is 55.2 Å². The van der Waals surface area contributed by atoms with Crippen molar-refractivity contribution in [3.05, 3.63) is 82.8 Å². The first-order chi connectivity index (χ1) is 19.2. The summed E-state index contributed by atoms with van der Waals surface area (Å²) in [5.41, 5.74) is 2.82. The molecule has 0 spiro atoms. The molecule has 0 bridgehead atoms. The van der Waals surface area contributed by atoms with Crippen LogP contribution in [-0.2, 0) is 14.4 Å². The zero-order valence-electron chi connectivity index (χ0n) is 22.1. The zero-order valence-corrected chi connectivity index (χ0v) is 22.9. The maximum Gasteiger partial charge on any atom is 0.294 e. The van der Waals surface area contributed by atoms with E-state index in [0.29, 0.717) is 34.2 Å². The molecule has 40 heavy (non-hydrogen) atoms. The molecule has 0 aliphatic carbocycles. The lowest BCUT2D eigenvalue weighted by Crippen LogP contribution is -2.36. The largest absolute Gasteiger partial charge is 0.497 e. The van der Waals surface area contributed by atoms with Crippen molar-refractivity contribution in [1.29, 1.82) is 0 Å². The van der Waals surface area contributed by atoms with Crippen molar-refractivity contribution in [1.82, 2.24) is 4.90 Å². The third kappa shape index (κ3) is 7.20. The Morgan fingerprint density at radius 1 is 0.850 bits per heavy atom. The molecule has 0 radical (unpaired) electrons. The van der Waals surface area contributed by atoms with Crippen molar-refractivity contribution in [2.45, 2.75) is 6.92 Å². The third-order valence-corrected chi connectivity index (χ3v) is 6.64. The van der Waals surface area contributed by atoms with E-state index in [-0.39, 0.29) is 17.4 Å². The number of rotatable bonds is 10. The predicted octanol–water partition coefficient (Wildman–Crippen LogP) is 4.70. The topological polar surface area (TPSA) is 123 Å². The molecule has 4 amide bonds. The first-order valence-corrected chi connectivity index (χ1v) is 12.9. The number of hydrogen-bond donors (Lipinski definition) is 2. The van der Waals surface area contributed by atoms with Gasteiger partial charge < -0.3 is 24.8 Å². The van der Waals surface area contributed by atoms with Crippen molar-refractivity contribution >= 4 is 52.2 Å². The molecule has 0 unspecified atom stereocenters. The number of thioether (sulfide) groups is 1. The molecule has 2 N–H and O–H groups in total. The second kappa shape index (κ2) is 12.9. The fourth-order valence-corrected chi connectivity index (χ4v) is 4.51. The van der Waals surface area contributed by atoms with Gasteiger partial charge in [0.15, 0.2) is 18.1 Å². The van der Waals surface area contributed by atoms with Gasteiger partial charge >= 0.3 is 0 Å². The van der Waals surface area contributed by atoms with Crippen molar-refractivity contribution in [2.75, 3.05) is 38.0 Å². The van der Waals surface area contributed by atoms with Crippen molar-refractivity contribution in [2.24, 2.45) is 0 Å². The molecule has 11 heteroatoms. The fraction of sp³-hybridized carbons (Fsp3) is 0.172. The summed E-state index contributed by atoms with van der Waals surface area (Å²) in [6.45, 7) is 1.30. The predicted molar refractivity (Wildman–Crippen MR) is 153 cm³/mol. The van der Waals surface area contributed by atoms with E-state index in [2.05, 4.69) is 10.6 Å². The van der Waals surface area contributed by atoms with E-state index >= 15 is 0 Å². The van der Waals surface area contributed by atoms with Crippen LogP contribution >= 0.6 is 11.8 Å². The average molecular weight is 562 g/mol. The summed E-state index contributed by atoms with van der Waals surface area (Å²) in [5, 5.41) is 4.86. The number of nitrogens with zero attached hydrogens (tertiary/aromatic N) is 1. The number of benzene rings is 3. The van der Waals surface area contributed by atoms with Gasteiger partial charge in [-0.2, -0.15) is 0 Å². The molecular weight excluding hydrogens is 534 g/mol. The van der Waals surface area contributed by atoms with Gasteiger partial charge in [0.2, 0.25) is 5.91 Å². The zero-order chi connectivity index (χ0) is 28.6. The fourth-order valence-electron chi connectivity index (χ4n) is 3.68. The second-order valence-electron chi connectivity index (χ2n) is 8.66. The normalized spacial score (nSPS) is 13.8. The van der Waals surface area contributed by atoms with Crippen LogP contribution in [0, 0.1) is 6.92 Å². The molecule has 1 aliphatic heterocycles. The number of anilines is 2. The number of ether oxygens (including phenoxy) is 3. The van der Waals surface area contributed by atoms with Crippen LogP contribution in [0.1, 0.15) is 11.1 Å². The lowest BCUT2D eigenvalue weighted by molar-refractivity contribution is -0.127. The lowest BCUT2D eigenvalue weighted by Gasteiger charge is -2.13. The van der Waals surface area contributed by atoms with Crippen LogP contribution in [0.2, 0.25) is 0 Å². The van der Waals surface area contributed by atoms with Crippen LogP contribution in [0.3, 0.4) is 0 Å². The number of aryl methyl sites for hydroxylation is 1. The van der Waals surface area contributed by atoms with Crippen LogP contribution < -0.4 is 24.8 Å². The molecule has 4 rings (SSSR count). The van der Waals surface area contributed by atoms with Gasteiger partial charge in [0, 0.05) is 11.4 Å². The minimum Gasteiger partial charge on any atom is -0.497 e. The summed E-state index contributed by atoms with van der Waals surface area (Å²) in [6, 6.07) is 19.0. The maximum absolute atomic E-state index is 12.9. The van der Waals surface area contributed by atoms with E-state index in [1.165, 1.54) is 20.3 Å². The van der Waals surface area contributed by atoms with E-state index in [1.54, 1.807) is 54.6 Å². The molecule has 1 fully saturated rings. The van der Waals surface area contributed by atoms with E-state index in [0.717, 1.165) is 22.2 Å². The maximum atomic E-state index is 12.9. The van der Waals surface area contributed by atoms with Crippen LogP contribution in [0.4, 0.5) is 16.2 Å².